The van der Waals surface area contributed by atoms with Crippen LogP contribution >= 0.6 is 0 Å². The molecule has 0 fully saturated rings. The minimum Gasteiger partial charge on any atom is -0.324 e. The molecule has 3 N–H and O–H groups in total. The van der Waals surface area contributed by atoms with E-state index in [2.05, 4.69) is 18.6 Å². The van der Waals surface area contributed by atoms with E-state index in [0.29, 0.717) is 12.5 Å². The van der Waals surface area contributed by atoms with Crippen molar-refractivity contribution in [2.24, 2.45) is 11.7 Å². The lowest BCUT2D eigenvalue weighted by Gasteiger charge is -2.14. The summed E-state index contributed by atoms with van der Waals surface area (Å²) in [6.07, 6.45) is 1.94. The summed E-state index contributed by atoms with van der Waals surface area (Å²) < 4.78 is 27.1. The van der Waals surface area contributed by atoms with Crippen LogP contribution in [0.15, 0.2) is 29.2 Å². The predicted molar refractivity (Wildman–Crippen MR) is 78.3 cm³/mol. The molecular weight excluding hydrogens is 260 g/mol. The first-order valence-electron chi connectivity index (χ1n) is 6.75. The molecule has 1 atom stereocenters. The number of rotatable bonds is 7. The largest absolute Gasteiger partial charge is 0.324 e. The summed E-state index contributed by atoms with van der Waals surface area (Å²) in [7, 11) is -3.44. The lowest BCUT2D eigenvalue weighted by Crippen LogP contribution is -2.29. The molecule has 19 heavy (non-hydrogen) atoms. The third kappa shape index (κ3) is 4.60. The molecule has 1 aromatic carbocycles. The Balaban J connectivity index is 2.85. The zero-order valence-electron chi connectivity index (χ0n) is 11.9. The van der Waals surface area contributed by atoms with Crippen LogP contribution in [0.5, 0.6) is 0 Å². The van der Waals surface area contributed by atoms with Gasteiger partial charge in [-0.2, -0.15) is 0 Å². The van der Waals surface area contributed by atoms with Crippen molar-refractivity contribution < 1.29 is 8.42 Å². The highest BCUT2D eigenvalue weighted by atomic mass is 32.2. The van der Waals surface area contributed by atoms with Gasteiger partial charge >= 0.3 is 0 Å². The lowest BCUT2D eigenvalue weighted by molar-refractivity contribution is 0.479. The van der Waals surface area contributed by atoms with Crippen LogP contribution in [-0.4, -0.2) is 15.0 Å². The van der Waals surface area contributed by atoms with Crippen molar-refractivity contribution in [1.29, 1.82) is 0 Å². The van der Waals surface area contributed by atoms with Crippen molar-refractivity contribution in [2.75, 3.05) is 6.54 Å². The third-order valence-corrected chi connectivity index (χ3v) is 4.83. The van der Waals surface area contributed by atoms with E-state index in [9.17, 15) is 8.42 Å². The van der Waals surface area contributed by atoms with Crippen molar-refractivity contribution >= 4 is 10.0 Å². The number of nitrogens with one attached hydrogen (secondary N) is 1. The molecule has 1 rings (SSSR count). The van der Waals surface area contributed by atoms with Gasteiger partial charge in [-0.05, 0) is 30.5 Å². The number of sulfonamides is 1. The minimum atomic E-state index is -3.44. The zero-order valence-corrected chi connectivity index (χ0v) is 12.7. The van der Waals surface area contributed by atoms with E-state index in [1.807, 2.05) is 13.0 Å². The fourth-order valence-corrected chi connectivity index (χ4v) is 3.02. The highest BCUT2D eigenvalue weighted by Crippen LogP contribution is 2.16. The Kier molecular flexibility index (Phi) is 5.97. The molecule has 1 aromatic rings. The molecule has 0 radical (unpaired) electrons. The second-order valence-corrected chi connectivity index (χ2v) is 6.66. The van der Waals surface area contributed by atoms with Crippen LogP contribution < -0.4 is 10.5 Å². The van der Waals surface area contributed by atoms with Gasteiger partial charge < -0.3 is 5.73 Å². The SMILES string of the molecule is CCC(CC)CNS(=O)(=O)c1cccc(C(C)N)c1. The summed E-state index contributed by atoms with van der Waals surface area (Å²) >= 11 is 0. The number of benzene rings is 1. The second-order valence-electron chi connectivity index (χ2n) is 4.90. The molecule has 0 amide bonds. The fourth-order valence-electron chi connectivity index (χ4n) is 1.85. The molecule has 0 bridgehead atoms. The summed E-state index contributed by atoms with van der Waals surface area (Å²) in [6, 6.07) is 6.63. The molecule has 5 heteroatoms. The maximum absolute atomic E-state index is 12.2. The van der Waals surface area contributed by atoms with Crippen molar-refractivity contribution in [3.8, 4) is 0 Å². The van der Waals surface area contributed by atoms with Gasteiger partial charge in [0.2, 0.25) is 10.0 Å². The number of hydrogen-bond acceptors (Lipinski definition) is 3. The first kappa shape index (κ1) is 16.1. The van der Waals surface area contributed by atoms with Gasteiger partial charge in [0.05, 0.1) is 4.90 Å². The van der Waals surface area contributed by atoms with Gasteiger partial charge in [0.25, 0.3) is 0 Å². The number of hydrogen-bond donors (Lipinski definition) is 2. The van der Waals surface area contributed by atoms with Crippen molar-refractivity contribution in [1.82, 2.24) is 4.72 Å². The topological polar surface area (TPSA) is 72.2 Å². The average molecular weight is 284 g/mol. The summed E-state index contributed by atoms with van der Waals surface area (Å²) in [5, 5.41) is 0. The third-order valence-electron chi connectivity index (χ3n) is 3.41. The highest BCUT2D eigenvalue weighted by Gasteiger charge is 2.16. The molecular formula is C14H24N2O2S. The van der Waals surface area contributed by atoms with Crippen LogP contribution in [0.1, 0.15) is 45.2 Å². The molecule has 0 saturated carbocycles. The molecule has 0 aliphatic rings. The van der Waals surface area contributed by atoms with E-state index in [-0.39, 0.29) is 10.9 Å². The zero-order chi connectivity index (χ0) is 14.5. The summed E-state index contributed by atoms with van der Waals surface area (Å²) in [5.74, 6) is 0.381. The first-order chi connectivity index (χ1) is 8.90. The fraction of sp³-hybridized carbons (Fsp3) is 0.571. The summed E-state index contributed by atoms with van der Waals surface area (Å²) in [4.78, 5) is 0.285. The van der Waals surface area contributed by atoms with E-state index in [1.54, 1.807) is 18.2 Å². The van der Waals surface area contributed by atoms with Crippen LogP contribution in [0.2, 0.25) is 0 Å². The summed E-state index contributed by atoms with van der Waals surface area (Å²) in [5.41, 5.74) is 6.60. The predicted octanol–water partition coefficient (Wildman–Crippen LogP) is 2.42. The smallest absolute Gasteiger partial charge is 0.240 e. The first-order valence-corrected chi connectivity index (χ1v) is 8.24. The Morgan fingerprint density at radius 2 is 1.89 bits per heavy atom. The Morgan fingerprint density at radius 1 is 1.26 bits per heavy atom. The van der Waals surface area contributed by atoms with Gasteiger partial charge in [-0.3, -0.25) is 0 Å². The van der Waals surface area contributed by atoms with Gasteiger partial charge in [-0.15, -0.1) is 0 Å². The molecule has 0 aromatic heterocycles. The monoisotopic (exact) mass is 284 g/mol. The van der Waals surface area contributed by atoms with E-state index in [0.717, 1.165) is 18.4 Å². The quantitative estimate of drug-likeness (QED) is 0.807. The van der Waals surface area contributed by atoms with Gasteiger partial charge in [0.15, 0.2) is 0 Å². The molecule has 108 valence electrons. The van der Waals surface area contributed by atoms with Crippen molar-refractivity contribution in [2.45, 2.75) is 44.6 Å². The van der Waals surface area contributed by atoms with Gasteiger partial charge in [-0.1, -0.05) is 38.8 Å². The van der Waals surface area contributed by atoms with E-state index >= 15 is 0 Å². The van der Waals surface area contributed by atoms with E-state index in [4.69, 9.17) is 5.73 Å². The highest BCUT2D eigenvalue weighted by molar-refractivity contribution is 7.89. The van der Waals surface area contributed by atoms with Crippen LogP contribution in [-0.2, 0) is 10.0 Å². The minimum absolute atomic E-state index is 0.172. The van der Waals surface area contributed by atoms with Crippen LogP contribution in [0.3, 0.4) is 0 Å². The standard InChI is InChI=1S/C14H24N2O2S/c1-4-12(5-2)10-16-19(17,18)14-8-6-7-13(9-14)11(3)15/h6-9,11-12,16H,4-5,10,15H2,1-3H3. The molecule has 0 aliphatic heterocycles. The van der Waals surface area contributed by atoms with Crippen LogP contribution in [0.25, 0.3) is 0 Å². The molecule has 0 saturated heterocycles. The molecule has 0 aliphatic carbocycles. The molecule has 1 unspecified atom stereocenters. The number of nitrogens with two attached hydrogens (primary N) is 1. The maximum Gasteiger partial charge on any atom is 0.240 e. The van der Waals surface area contributed by atoms with Crippen molar-refractivity contribution in [3.05, 3.63) is 29.8 Å². The van der Waals surface area contributed by atoms with Crippen LogP contribution in [0, 0.1) is 5.92 Å². The normalized spacial score (nSPS) is 13.7. The molecule has 0 spiro atoms. The Labute approximate surface area is 116 Å². The molecule has 4 nitrogen and oxygen atoms in total. The van der Waals surface area contributed by atoms with Crippen molar-refractivity contribution in [3.63, 3.8) is 0 Å². The second kappa shape index (κ2) is 7.03. The molecule has 0 heterocycles. The average Bonchev–Trinajstić information content (AvgIpc) is 2.40. The van der Waals surface area contributed by atoms with Gasteiger partial charge in [-0.25, -0.2) is 13.1 Å². The maximum atomic E-state index is 12.2. The Bertz CT molecular complexity index is 494. The van der Waals surface area contributed by atoms with Gasteiger partial charge in [0.1, 0.15) is 0 Å². The summed E-state index contributed by atoms with van der Waals surface area (Å²) in [6.45, 7) is 6.46. The van der Waals surface area contributed by atoms with Crippen LogP contribution in [0.4, 0.5) is 0 Å². The van der Waals surface area contributed by atoms with E-state index < -0.39 is 10.0 Å². The van der Waals surface area contributed by atoms with Gasteiger partial charge in [0, 0.05) is 12.6 Å². The lowest BCUT2D eigenvalue weighted by atomic mass is 10.0. The Hall–Kier alpha value is -0.910. The van der Waals surface area contributed by atoms with E-state index in [1.165, 1.54) is 0 Å². The Morgan fingerprint density at radius 3 is 2.42 bits per heavy atom.